The van der Waals surface area contributed by atoms with Crippen molar-refractivity contribution in [3.05, 3.63) is 89.0 Å². The van der Waals surface area contributed by atoms with E-state index in [0.717, 1.165) is 22.3 Å². The van der Waals surface area contributed by atoms with Crippen LogP contribution in [0.5, 0.6) is 5.75 Å². The van der Waals surface area contributed by atoms with Crippen molar-refractivity contribution in [2.24, 2.45) is 17.8 Å². The standard InChI is InChI=1S/C30H36O4S2/c1-19(2)27(24(7)29(31)34-28-22(5)9-8-10-23(28)6)30(35(32)25-15-11-20(3)12-16-25)36(33)26-17-13-21(4)14-18-26/h8-19,24,27,30H,1-7H3/t24-,27+,35-,36-/m0/s1. The van der Waals surface area contributed by atoms with Gasteiger partial charge in [0, 0.05) is 15.7 Å². The highest BCUT2D eigenvalue weighted by atomic mass is 32.2. The molecule has 0 heterocycles. The molecule has 36 heavy (non-hydrogen) atoms. The molecule has 0 amide bonds. The van der Waals surface area contributed by atoms with E-state index in [1.165, 1.54) is 0 Å². The van der Waals surface area contributed by atoms with Gasteiger partial charge in [-0.1, -0.05) is 74.4 Å². The summed E-state index contributed by atoms with van der Waals surface area (Å²) in [5.41, 5.74) is 3.86. The summed E-state index contributed by atoms with van der Waals surface area (Å²) in [6.07, 6.45) is 0. The zero-order valence-electron chi connectivity index (χ0n) is 22.1. The fourth-order valence-corrected chi connectivity index (χ4v) is 8.73. The molecule has 0 radical (unpaired) electrons. The van der Waals surface area contributed by atoms with Gasteiger partial charge in [-0.2, -0.15) is 0 Å². The second kappa shape index (κ2) is 12.1. The number of rotatable bonds is 9. The molecule has 6 heteroatoms. The van der Waals surface area contributed by atoms with Gasteiger partial charge in [-0.15, -0.1) is 0 Å². The molecule has 0 aromatic heterocycles. The van der Waals surface area contributed by atoms with Crippen LogP contribution in [0, 0.1) is 45.4 Å². The second-order valence-electron chi connectivity index (χ2n) is 9.84. The van der Waals surface area contributed by atoms with Crippen molar-refractivity contribution >= 4 is 27.6 Å². The summed E-state index contributed by atoms with van der Waals surface area (Å²) >= 11 is 0. The Balaban J connectivity index is 2.04. The fraction of sp³-hybridized carbons (Fsp3) is 0.367. The third kappa shape index (κ3) is 6.40. The number of ether oxygens (including phenoxy) is 1. The van der Waals surface area contributed by atoms with E-state index in [0.29, 0.717) is 15.5 Å². The molecule has 0 aliphatic heterocycles. The third-order valence-corrected chi connectivity index (χ3v) is 10.6. The number of carbonyl (C=O) groups excluding carboxylic acids is 1. The minimum absolute atomic E-state index is 0.0701. The molecule has 0 unspecified atom stereocenters. The molecule has 4 nitrogen and oxygen atoms in total. The first-order valence-corrected chi connectivity index (χ1v) is 14.7. The van der Waals surface area contributed by atoms with Crippen molar-refractivity contribution in [2.45, 2.75) is 62.8 Å². The van der Waals surface area contributed by atoms with E-state index in [4.69, 9.17) is 4.74 Å². The van der Waals surface area contributed by atoms with Crippen molar-refractivity contribution in [1.29, 1.82) is 0 Å². The van der Waals surface area contributed by atoms with E-state index in [-0.39, 0.29) is 5.92 Å². The van der Waals surface area contributed by atoms with Gasteiger partial charge in [-0.25, -0.2) is 0 Å². The molecule has 0 saturated heterocycles. The zero-order chi connectivity index (χ0) is 26.6. The van der Waals surface area contributed by atoms with E-state index in [1.54, 1.807) is 6.92 Å². The Hall–Kier alpha value is -2.57. The van der Waals surface area contributed by atoms with Gasteiger partial charge in [0.05, 0.1) is 27.5 Å². The average molecular weight is 525 g/mol. The molecular weight excluding hydrogens is 488 g/mol. The van der Waals surface area contributed by atoms with Gasteiger partial charge in [0.25, 0.3) is 0 Å². The van der Waals surface area contributed by atoms with Crippen LogP contribution in [0.4, 0.5) is 0 Å². The van der Waals surface area contributed by atoms with Crippen LogP contribution in [0.1, 0.15) is 43.0 Å². The fourth-order valence-electron chi connectivity index (χ4n) is 4.42. The maximum atomic E-state index is 14.0. The number of benzene rings is 3. The van der Waals surface area contributed by atoms with Crippen LogP contribution in [0.25, 0.3) is 0 Å². The Morgan fingerprint density at radius 3 is 1.50 bits per heavy atom. The Labute approximate surface area is 220 Å². The largest absolute Gasteiger partial charge is 0.426 e. The number of aryl methyl sites for hydroxylation is 4. The summed E-state index contributed by atoms with van der Waals surface area (Å²) in [6, 6.07) is 20.6. The minimum Gasteiger partial charge on any atom is -0.426 e. The molecule has 192 valence electrons. The van der Waals surface area contributed by atoms with E-state index >= 15 is 0 Å². The molecular formula is C30H36O4S2. The highest BCUT2D eigenvalue weighted by Crippen LogP contribution is 2.36. The molecule has 0 saturated carbocycles. The van der Waals surface area contributed by atoms with Gasteiger partial charge in [-0.05, 0) is 69.0 Å². The van der Waals surface area contributed by atoms with Gasteiger partial charge in [-0.3, -0.25) is 13.2 Å². The highest BCUT2D eigenvalue weighted by molar-refractivity contribution is 8.03. The maximum Gasteiger partial charge on any atom is 0.314 e. The lowest BCUT2D eigenvalue weighted by atomic mass is 9.85. The monoisotopic (exact) mass is 524 g/mol. The lowest BCUT2D eigenvalue weighted by Gasteiger charge is -2.33. The van der Waals surface area contributed by atoms with Crippen LogP contribution < -0.4 is 4.74 Å². The Morgan fingerprint density at radius 2 is 1.11 bits per heavy atom. The summed E-state index contributed by atoms with van der Waals surface area (Å²) in [4.78, 5) is 14.7. The van der Waals surface area contributed by atoms with E-state index in [9.17, 15) is 13.2 Å². The second-order valence-corrected chi connectivity index (χ2v) is 13.3. The first-order valence-electron chi connectivity index (χ1n) is 12.2. The maximum absolute atomic E-state index is 14.0. The SMILES string of the molecule is Cc1ccc([S@](=O)C([C@H](C(C)C)[C@H](C)C(=O)Oc2c(C)cccc2C)[S@@](=O)c2ccc(C)cc2)cc1. The van der Waals surface area contributed by atoms with Crippen molar-refractivity contribution < 1.29 is 17.9 Å². The molecule has 0 spiro atoms. The first kappa shape index (κ1) is 28.0. The number of esters is 1. The Morgan fingerprint density at radius 1 is 0.694 bits per heavy atom. The van der Waals surface area contributed by atoms with Gasteiger partial charge < -0.3 is 4.74 Å². The van der Waals surface area contributed by atoms with Gasteiger partial charge in [0.1, 0.15) is 10.3 Å². The van der Waals surface area contributed by atoms with Crippen LogP contribution in [0.2, 0.25) is 0 Å². The molecule has 0 N–H and O–H groups in total. The van der Waals surface area contributed by atoms with Crippen LogP contribution in [0.15, 0.2) is 76.5 Å². The van der Waals surface area contributed by atoms with Crippen molar-refractivity contribution in [3.63, 3.8) is 0 Å². The summed E-state index contributed by atoms with van der Waals surface area (Å²) in [5, 5.41) is 0. The summed E-state index contributed by atoms with van der Waals surface area (Å²) in [6.45, 7) is 13.5. The molecule has 4 atom stereocenters. The normalized spacial score (nSPS) is 14.9. The van der Waals surface area contributed by atoms with Gasteiger partial charge in [0.15, 0.2) is 0 Å². The highest BCUT2D eigenvalue weighted by Gasteiger charge is 2.42. The van der Waals surface area contributed by atoms with E-state index in [1.807, 2.05) is 108 Å². The first-order chi connectivity index (χ1) is 17.0. The van der Waals surface area contributed by atoms with Crippen LogP contribution >= 0.6 is 0 Å². The van der Waals surface area contributed by atoms with Crippen LogP contribution in [-0.2, 0) is 26.4 Å². The Bertz CT molecular complexity index is 1170. The van der Waals surface area contributed by atoms with Crippen molar-refractivity contribution in [2.75, 3.05) is 0 Å². The molecule has 3 aromatic carbocycles. The van der Waals surface area contributed by atoms with Gasteiger partial charge in [0.2, 0.25) is 0 Å². The topological polar surface area (TPSA) is 60.4 Å². The number of hydrogen-bond donors (Lipinski definition) is 0. The summed E-state index contributed by atoms with van der Waals surface area (Å²) in [5.74, 6) is -1.01. The lowest BCUT2D eigenvalue weighted by Crippen LogP contribution is -2.41. The molecule has 0 fully saturated rings. The quantitative estimate of drug-likeness (QED) is 0.232. The molecule has 0 aliphatic rings. The minimum atomic E-state index is -1.62. The average Bonchev–Trinajstić information content (AvgIpc) is 2.84. The molecule has 0 aliphatic carbocycles. The van der Waals surface area contributed by atoms with Crippen molar-refractivity contribution in [3.8, 4) is 5.75 Å². The summed E-state index contributed by atoms with van der Waals surface area (Å²) < 4.78 is 33.2. The number of hydrogen-bond acceptors (Lipinski definition) is 4. The molecule has 3 rings (SSSR count). The Kier molecular flexibility index (Phi) is 9.42. The molecule has 3 aromatic rings. The third-order valence-electron chi connectivity index (χ3n) is 6.57. The number of carbonyl (C=O) groups is 1. The lowest BCUT2D eigenvalue weighted by molar-refractivity contribution is -0.140. The van der Waals surface area contributed by atoms with Crippen LogP contribution in [0.3, 0.4) is 0 Å². The molecule has 0 bridgehead atoms. The van der Waals surface area contributed by atoms with Crippen molar-refractivity contribution in [1.82, 2.24) is 0 Å². The predicted molar refractivity (Wildman–Crippen MR) is 148 cm³/mol. The summed E-state index contributed by atoms with van der Waals surface area (Å²) in [7, 11) is -3.23. The zero-order valence-corrected chi connectivity index (χ0v) is 23.7. The smallest absolute Gasteiger partial charge is 0.314 e. The van der Waals surface area contributed by atoms with E-state index in [2.05, 4.69) is 0 Å². The predicted octanol–water partition coefficient (Wildman–Crippen LogP) is 6.68. The van der Waals surface area contributed by atoms with E-state index < -0.39 is 44.0 Å². The van der Waals surface area contributed by atoms with Gasteiger partial charge >= 0.3 is 5.97 Å². The number of para-hydroxylation sites is 1. The van der Waals surface area contributed by atoms with Crippen LogP contribution in [-0.4, -0.2) is 19.0 Å².